The minimum Gasteiger partial charge on any atom is -0.490 e. The lowest BCUT2D eigenvalue weighted by Crippen LogP contribution is -2.37. The number of fused-ring (bicyclic) bond motifs is 1. The van der Waals surface area contributed by atoms with Crippen molar-refractivity contribution >= 4 is 35.6 Å². The van der Waals surface area contributed by atoms with Crippen molar-refractivity contribution in [2.45, 2.75) is 32.7 Å². The number of nitrogens with two attached hydrogens (primary N) is 1. The van der Waals surface area contributed by atoms with Gasteiger partial charge in [0.2, 0.25) is 0 Å². The fourth-order valence-corrected chi connectivity index (χ4v) is 2.04. The van der Waals surface area contributed by atoms with Crippen LogP contribution in [0.3, 0.4) is 0 Å². The number of hydrogen-bond donors (Lipinski definition) is 3. The molecule has 1 aliphatic heterocycles. The zero-order valence-corrected chi connectivity index (χ0v) is 16.3. The van der Waals surface area contributed by atoms with Gasteiger partial charge in [-0.15, -0.1) is 24.0 Å². The van der Waals surface area contributed by atoms with Crippen LogP contribution in [-0.2, 0) is 0 Å². The minimum absolute atomic E-state index is 0. The maximum Gasteiger partial charge on any atom is 0.193 e. The fraction of sp³-hybridized carbons (Fsp3) is 0.562. The Morgan fingerprint density at radius 3 is 2.61 bits per heavy atom. The minimum atomic E-state index is 0. The standard InChI is InChI=1S/C16H26N4O2.HI/c1-16(2,3)19-8-7-18-15(17)20-12-5-6-13-14(11-12)22-10-4-9-21-13;/h5-6,11,19H,4,7-10H2,1-3H3,(H3,17,18,20);1H. The van der Waals surface area contributed by atoms with Gasteiger partial charge in [0.05, 0.1) is 19.8 Å². The summed E-state index contributed by atoms with van der Waals surface area (Å²) in [4.78, 5) is 4.30. The van der Waals surface area contributed by atoms with Crippen molar-refractivity contribution < 1.29 is 9.47 Å². The molecule has 0 amide bonds. The Hall–Kier alpha value is -1.22. The van der Waals surface area contributed by atoms with E-state index in [1.54, 1.807) is 0 Å². The molecular weight excluding hydrogens is 407 g/mol. The summed E-state index contributed by atoms with van der Waals surface area (Å²) in [5.74, 6) is 1.91. The lowest BCUT2D eigenvalue weighted by molar-refractivity contribution is 0.297. The Bertz CT molecular complexity index is 529. The average Bonchev–Trinajstić information content (AvgIpc) is 2.67. The number of nitrogens with zero attached hydrogens (tertiary/aromatic N) is 1. The van der Waals surface area contributed by atoms with E-state index >= 15 is 0 Å². The molecule has 0 bridgehead atoms. The Morgan fingerprint density at radius 1 is 1.22 bits per heavy atom. The number of halogens is 1. The van der Waals surface area contributed by atoms with Gasteiger partial charge in [-0.25, -0.2) is 0 Å². The van der Waals surface area contributed by atoms with Crippen molar-refractivity contribution in [1.82, 2.24) is 5.32 Å². The van der Waals surface area contributed by atoms with Crippen LogP contribution in [0.5, 0.6) is 11.5 Å². The summed E-state index contributed by atoms with van der Waals surface area (Å²) in [6.07, 6.45) is 0.891. The molecule has 4 N–H and O–H groups in total. The summed E-state index contributed by atoms with van der Waals surface area (Å²) in [7, 11) is 0. The van der Waals surface area contributed by atoms with E-state index in [1.807, 2.05) is 18.2 Å². The largest absolute Gasteiger partial charge is 0.490 e. The monoisotopic (exact) mass is 434 g/mol. The van der Waals surface area contributed by atoms with Crippen LogP contribution in [0.1, 0.15) is 27.2 Å². The van der Waals surface area contributed by atoms with Crippen LogP contribution in [0, 0.1) is 0 Å². The number of guanidine groups is 1. The van der Waals surface area contributed by atoms with E-state index in [0.29, 0.717) is 25.7 Å². The van der Waals surface area contributed by atoms with Crippen LogP contribution < -0.4 is 25.8 Å². The van der Waals surface area contributed by atoms with E-state index in [1.165, 1.54) is 0 Å². The molecule has 1 aliphatic rings. The Balaban J connectivity index is 0.00000264. The third-order valence-corrected chi connectivity index (χ3v) is 3.07. The smallest absolute Gasteiger partial charge is 0.193 e. The molecule has 0 radical (unpaired) electrons. The SMILES string of the molecule is CC(C)(C)NCCN=C(N)Nc1ccc2c(c1)OCCCO2.I. The topological polar surface area (TPSA) is 80.9 Å². The molecule has 2 rings (SSSR count). The third kappa shape index (κ3) is 7.26. The van der Waals surface area contributed by atoms with Crippen LogP contribution in [-0.4, -0.2) is 37.8 Å². The highest BCUT2D eigenvalue weighted by molar-refractivity contribution is 14.0. The molecule has 7 heteroatoms. The van der Waals surface area contributed by atoms with Crippen molar-refractivity contribution in [2.75, 3.05) is 31.6 Å². The van der Waals surface area contributed by atoms with Crippen molar-refractivity contribution in [3.05, 3.63) is 18.2 Å². The molecule has 0 saturated carbocycles. The number of anilines is 1. The highest BCUT2D eigenvalue weighted by atomic mass is 127. The number of aliphatic imine (C=N–C) groups is 1. The van der Waals surface area contributed by atoms with E-state index in [9.17, 15) is 0 Å². The molecule has 0 spiro atoms. The van der Waals surface area contributed by atoms with Crippen LogP contribution >= 0.6 is 24.0 Å². The van der Waals surface area contributed by atoms with Gasteiger partial charge < -0.3 is 25.8 Å². The Morgan fingerprint density at radius 2 is 1.91 bits per heavy atom. The predicted molar refractivity (Wildman–Crippen MR) is 105 cm³/mol. The van der Waals surface area contributed by atoms with Crippen molar-refractivity contribution in [3.8, 4) is 11.5 Å². The zero-order chi connectivity index (χ0) is 16.0. The third-order valence-electron chi connectivity index (χ3n) is 3.07. The van der Waals surface area contributed by atoms with Gasteiger partial charge in [0.1, 0.15) is 0 Å². The quantitative estimate of drug-likeness (QED) is 0.294. The molecule has 1 heterocycles. The first kappa shape index (κ1) is 19.8. The second-order valence-corrected chi connectivity index (χ2v) is 6.28. The van der Waals surface area contributed by atoms with E-state index in [-0.39, 0.29) is 29.5 Å². The number of benzene rings is 1. The summed E-state index contributed by atoms with van der Waals surface area (Å²) in [5, 5.41) is 6.44. The maximum atomic E-state index is 5.90. The van der Waals surface area contributed by atoms with Crippen molar-refractivity contribution in [1.29, 1.82) is 0 Å². The molecule has 0 saturated heterocycles. The number of ether oxygens (including phenoxy) is 2. The van der Waals surface area contributed by atoms with E-state index in [0.717, 1.165) is 30.2 Å². The molecular formula is C16H27IN4O2. The van der Waals surface area contributed by atoms with E-state index < -0.39 is 0 Å². The molecule has 0 aliphatic carbocycles. The average molecular weight is 434 g/mol. The maximum absolute atomic E-state index is 5.90. The second kappa shape index (κ2) is 9.17. The first-order valence-corrected chi connectivity index (χ1v) is 7.66. The first-order chi connectivity index (χ1) is 10.4. The summed E-state index contributed by atoms with van der Waals surface area (Å²) in [6, 6.07) is 5.68. The van der Waals surface area contributed by atoms with Crippen molar-refractivity contribution in [2.24, 2.45) is 10.7 Å². The Kier molecular flexibility index (Phi) is 7.90. The zero-order valence-electron chi connectivity index (χ0n) is 14.0. The van der Waals surface area contributed by atoms with Gasteiger partial charge in [0.25, 0.3) is 0 Å². The first-order valence-electron chi connectivity index (χ1n) is 7.66. The molecule has 0 unspecified atom stereocenters. The van der Waals surface area contributed by atoms with Crippen LogP contribution in [0.2, 0.25) is 0 Å². The van der Waals surface area contributed by atoms with Gasteiger partial charge >= 0.3 is 0 Å². The predicted octanol–water partition coefficient (Wildman–Crippen LogP) is 2.58. The van der Waals surface area contributed by atoms with E-state index in [4.69, 9.17) is 15.2 Å². The lowest BCUT2D eigenvalue weighted by Gasteiger charge is -2.19. The number of nitrogens with one attached hydrogen (secondary N) is 2. The molecule has 130 valence electrons. The molecule has 1 aromatic carbocycles. The van der Waals surface area contributed by atoms with Gasteiger partial charge in [-0.05, 0) is 32.9 Å². The van der Waals surface area contributed by atoms with Crippen LogP contribution in [0.4, 0.5) is 5.69 Å². The molecule has 0 fully saturated rings. The molecule has 1 aromatic rings. The summed E-state index contributed by atoms with van der Waals surface area (Å²) < 4.78 is 11.2. The van der Waals surface area contributed by atoms with Gasteiger partial charge in [-0.3, -0.25) is 4.99 Å². The van der Waals surface area contributed by atoms with Gasteiger partial charge in [0, 0.05) is 30.3 Å². The molecule has 0 atom stereocenters. The summed E-state index contributed by atoms with van der Waals surface area (Å²) in [6.45, 7) is 9.12. The molecule has 6 nitrogen and oxygen atoms in total. The highest BCUT2D eigenvalue weighted by Crippen LogP contribution is 2.32. The van der Waals surface area contributed by atoms with Crippen LogP contribution in [0.15, 0.2) is 23.2 Å². The van der Waals surface area contributed by atoms with E-state index in [2.05, 4.69) is 36.4 Å². The highest BCUT2D eigenvalue weighted by Gasteiger charge is 2.11. The molecule has 23 heavy (non-hydrogen) atoms. The molecule has 0 aromatic heterocycles. The van der Waals surface area contributed by atoms with Crippen molar-refractivity contribution in [3.63, 3.8) is 0 Å². The fourth-order valence-electron chi connectivity index (χ4n) is 2.04. The van der Waals surface area contributed by atoms with Gasteiger partial charge in [-0.1, -0.05) is 0 Å². The van der Waals surface area contributed by atoms with Crippen LogP contribution in [0.25, 0.3) is 0 Å². The normalized spacial score (nSPS) is 14.7. The van der Waals surface area contributed by atoms with Gasteiger partial charge in [-0.2, -0.15) is 0 Å². The summed E-state index contributed by atoms with van der Waals surface area (Å²) in [5.41, 5.74) is 6.83. The second-order valence-electron chi connectivity index (χ2n) is 6.28. The van der Waals surface area contributed by atoms with Gasteiger partial charge in [0.15, 0.2) is 17.5 Å². The Labute approximate surface area is 155 Å². The lowest BCUT2D eigenvalue weighted by atomic mass is 10.1. The number of hydrogen-bond acceptors (Lipinski definition) is 4. The number of rotatable bonds is 4. The summed E-state index contributed by atoms with van der Waals surface area (Å²) >= 11 is 0.